The molecule has 0 radical (unpaired) electrons. The summed E-state index contributed by atoms with van der Waals surface area (Å²) in [6.45, 7) is 3.68. The van der Waals surface area contributed by atoms with Crippen LogP contribution in [0.4, 0.5) is 0 Å². The van der Waals surface area contributed by atoms with Gasteiger partial charge in [0.15, 0.2) is 10.5 Å². The molecule has 1 aliphatic heterocycles. The van der Waals surface area contributed by atoms with Gasteiger partial charge >= 0.3 is 5.97 Å². The lowest BCUT2D eigenvalue weighted by Crippen LogP contribution is -2.46. The van der Waals surface area contributed by atoms with Crippen molar-refractivity contribution in [1.82, 2.24) is 10.6 Å². The molecule has 0 saturated heterocycles. The lowest BCUT2D eigenvalue weighted by Gasteiger charge is -2.29. The highest BCUT2D eigenvalue weighted by Gasteiger charge is 2.33. The number of nitrogens with one attached hydrogen (secondary N) is 2. The molecule has 7 heteroatoms. The molecule has 1 aromatic carbocycles. The topological polar surface area (TPSA) is 80.6 Å². The van der Waals surface area contributed by atoms with Crippen LogP contribution in [-0.2, 0) is 9.53 Å². The largest absolute Gasteiger partial charge is 0.464 e. The minimum atomic E-state index is -0.723. The van der Waals surface area contributed by atoms with Crippen LogP contribution >= 0.6 is 12.2 Å². The Morgan fingerprint density at radius 2 is 2.12 bits per heavy atom. The maximum atomic E-state index is 12.8. The van der Waals surface area contributed by atoms with Crippen LogP contribution in [0.5, 0.6) is 0 Å². The fourth-order valence-corrected chi connectivity index (χ4v) is 2.97. The summed E-state index contributed by atoms with van der Waals surface area (Å²) in [6.07, 6.45) is 1.36. The number of para-hydroxylation sites is 1. The predicted molar refractivity (Wildman–Crippen MR) is 93.4 cm³/mol. The normalized spacial score (nSPS) is 17.4. The number of ether oxygens (including phenoxy) is 1. The summed E-state index contributed by atoms with van der Waals surface area (Å²) in [5, 5.41) is 6.63. The van der Waals surface area contributed by atoms with E-state index in [-0.39, 0.29) is 12.0 Å². The van der Waals surface area contributed by atoms with Crippen LogP contribution in [-0.4, -0.2) is 17.7 Å². The number of carbonyl (C=O) groups is 1. The van der Waals surface area contributed by atoms with E-state index in [0.29, 0.717) is 32.9 Å². The van der Waals surface area contributed by atoms with Crippen LogP contribution in [0, 0.1) is 0 Å². The zero-order valence-corrected chi connectivity index (χ0v) is 14.0. The third-order valence-electron chi connectivity index (χ3n) is 3.78. The Morgan fingerprint density at radius 1 is 1.38 bits per heavy atom. The first kappa shape index (κ1) is 16.2. The average molecular weight is 344 g/mol. The van der Waals surface area contributed by atoms with Crippen molar-refractivity contribution in [2.24, 2.45) is 0 Å². The van der Waals surface area contributed by atoms with Gasteiger partial charge in [0.05, 0.1) is 29.2 Å². The molecule has 1 aliphatic rings. The number of fused-ring (bicyclic) bond motifs is 1. The molecule has 124 valence electrons. The summed E-state index contributed by atoms with van der Waals surface area (Å²) in [5.74, 6) is -0.505. The summed E-state index contributed by atoms with van der Waals surface area (Å²) >= 11 is 5.16. The van der Waals surface area contributed by atoms with E-state index in [2.05, 4.69) is 10.6 Å². The van der Waals surface area contributed by atoms with Gasteiger partial charge in [-0.25, -0.2) is 4.79 Å². The molecule has 1 atom stereocenters. The van der Waals surface area contributed by atoms with Gasteiger partial charge in [-0.05, 0) is 38.2 Å². The first-order valence-corrected chi connectivity index (χ1v) is 7.89. The zero-order valence-electron chi connectivity index (χ0n) is 13.2. The average Bonchev–Trinajstić information content (AvgIpc) is 2.55. The Bertz CT molecular complexity index is 916. The number of rotatable bonds is 3. The first-order chi connectivity index (χ1) is 11.5. The second-order valence-electron chi connectivity index (χ2n) is 5.31. The number of allylic oxidation sites excluding steroid dienone is 1. The monoisotopic (exact) mass is 344 g/mol. The van der Waals surface area contributed by atoms with Gasteiger partial charge in [0, 0.05) is 5.70 Å². The number of carbonyl (C=O) groups excluding carboxylic acids is 1. The van der Waals surface area contributed by atoms with Gasteiger partial charge in [0.25, 0.3) is 0 Å². The minimum absolute atomic E-state index is 0.214. The van der Waals surface area contributed by atoms with E-state index in [0.717, 1.165) is 0 Å². The standard InChI is InChI=1S/C17H16N2O4S/c1-3-22-16(21)13-9(2)18-17(24)19-14(13)11-8-23-12-7-5-4-6-10(12)15(11)20/h4-8,14H,3H2,1-2H3,(H2,18,19,24). The summed E-state index contributed by atoms with van der Waals surface area (Å²) in [4.78, 5) is 25.2. The van der Waals surface area contributed by atoms with Crippen molar-refractivity contribution in [2.45, 2.75) is 19.9 Å². The van der Waals surface area contributed by atoms with Crippen LogP contribution in [0.25, 0.3) is 11.0 Å². The first-order valence-electron chi connectivity index (χ1n) is 7.48. The zero-order chi connectivity index (χ0) is 17.3. The Morgan fingerprint density at radius 3 is 2.88 bits per heavy atom. The van der Waals surface area contributed by atoms with E-state index in [1.54, 1.807) is 38.1 Å². The molecule has 0 aliphatic carbocycles. The molecule has 0 fully saturated rings. The van der Waals surface area contributed by atoms with Crippen LogP contribution in [0.3, 0.4) is 0 Å². The van der Waals surface area contributed by atoms with Gasteiger partial charge in [0.1, 0.15) is 11.8 Å². The molecule has 0 bridgehead atoms. The number of benzene rings is 1. The van der Waals surface area contributed by atoms with Crippen molar-refractivity contribution in [3.05, 3.63) is 57.6 Å². The highest BCUT2D eigenvalue weighted by molar-refractivity contribution is 7.80. The van der Waals surface area contributed by atoms with Gasteiger partial charge < -0.3 is 19.8 Å². The van der Waals surface area contributed by atoms with Crippen molar-refractivity contribution in [2.75, 3.05) is 6.61 Å². The fourth-order valence-electron chi connectivity index (χ4n) is 2.70. The third-order valence-corrected chi connectivity index (χ3v) is 4.00. The summed E-state index contributed by atoms with van der Waals surface area (Å²) in [6, 6.07) is 6.23. The molecule has 1 unspecified atom stereocenters. The van der Waals surface area contributed by atoms with E-state index in [1.165, 1.54) is 6.26 Å². The van der Waals surface area contributed by atoms with Gasteiger partial charge in [-0.15, -0.1) is 0 Å². The van der Waals surface area contributed by atoms with Crippen molar-refractivity contribution < 1.29 is 13.9 Å². The molecule has 1 aromatic heterocycles. The lowest BCUT2D eigenvalue weighted by molar-refractivity contribution is -0.139. The molecule has 0 amide bonds. The van der Waals surface area contributed by atoms with Crippen LogP contribution in [0.15, 0.2) is 51.0 Å². The smallest absolute Gasteiger partial charge is 0.338 e. The highest BCUT2D eigenvalue weighted by atomic mass is 32.1. The number of esters is 1. The molecular formula is C17H16N2O4S. The lowest BCUT2D eigenvalue weighted by atomic mass is 9.96. The molecule has 0 saturated carbocycles. The molecule has 2 N–H and O–H groups in total. The van der Waals surface area contributed by atoms with E-state index >= 15 is 0 Å². The molecule has 2 aromatic rings. The predicted octanol–water partition coefficient (Wildman–Crippen LogP) is 2.15. The minimum Gasteiger partial charge on any atom is -0.464 e. The Hall–Kier alpha value is -2.67. The second-order valence-corrected chi connectivity index (χ2v) is 5.72. The highest BCUT2D eigenvalue weighted by Crippen LogP contribution is 2.27. The van der Waals surface area contributed by atoms with Crippen LogP contribution in [0.1, 0.15) is 25.5 Å². The van der Waals surface area contributed by atoms with Gasteiger partial charge in [-0.3, -0.25) is 4.79 Å². The molecular weight excluding hydrogens is 328 g/mol. The van der Waals surface area contributed by atoms with Crippen molar-refractivity contribution in [1.29, 1.82) is 0 Å². The molecule has 0 spiro atoms. The SMILES string of the molecule is CCOC(=O)C1=C(C)NC(=S)NC1c1coc2ccccc2c1=O. The van der Waals surface area contributed by atoms with Crippen molar-refractivity contribution in [3.63, 3.8) is 0 Å². The third kappa shape index (κ3) is 2.78. The molecule has 6 nitrogen and oxygen atoms in total. The molecule has 3 rings (SSSR count). The van der Waals surface area contributed by atoms with E-state index in [1.807, 2.05) is 0 Å². The summed E-state index contributed by atoms with van der Waals surface area (Å²) in [5.41, 5.74) is 1.44. The van der Waals surface area contributed by atoms with E-state index in [9.17, 15) is 9.59 Å². The molecule has 24 heavy (non-hydrogen) atoms. The maximum absolute atomic E-state index is 12.8. The Labute approximate surface area is 143 Å². The molecule has 2 heterocycles. The summed E-state index contributed by atoms with van der Waals surface area (Å²) < 4.78 is 10.7. The fraction of sp³-hybridized carbons (Fsp3) is 0.235. The Kier molecular flexibility index (Phi) is 4.35. The van der Waals surface area contributed by atoms with Gasteiger partial charge in [-0.2, -0.15) is 0 Å². The van der Waals surface area contributed by atoms with E-state index in [4.69, 9.17) is 21.4 Å². The number of thiocarbonyl (C=S) groups is 1. The van der Waals surface area contributed by atoms with Crippen LogP contribution in [0.2, 0.25) is 0 Å². The number of hydrogen-bond donors (Lipinski definition) is 2. The quantitative estimate of drug-likeness (QED) is 0.652. The number of hydrogen-bond acceptors (Lipinski definition) is 5. The summed E-state index contributed by atoms with van der Waals surface area (Å²) in [7, 11) is 0. The van der Waals surface area contributed by atoms with E-state index < -0.39 is 12.0 Å². The second kappa shape index (κ2) is 6.45. The van der Waals surface area contributed by atoms with Gasteiger partial charge in [0.2, 0.25) is 0 Å². The van der Waals surface area contributed by atoms with Crippen molar-refractivity contribution in [3.8, 4) is 0 Å². The van der Waals surface area contributed by atoms with Crippen molar-refractivity contribution >= 4 is 34.3 Å². The van der Waals surface area contributed by atoms with Gasteiger partial charge in [-0.1, -0.05) is 12.1 Å². The Balaban J connectivity index is 2.17. The maximum Gasteiger partial charge on any atom is 0.338 e. The van der Waals surface area contributed by atoms with Crippen LogP contribution < -0.4 is 16.1 Å².